The Hall–Kier alpha value is -1.51. The van der Waals surface area contributed by atoms with Crippen molar-refractivity contribution in [2.45, 2.75) is 37.4 Å². The van der Waals surface area contributed by atoms with Crippen LogP contribution >= 0.6 is 23.5 Å². The van der Waals surface area contributed by atoms with E-state index in [9.17, 15) is 14.4 Å². The molecular formula is C18H27N3O3S2. The van der Waals surface area contributed by atoms with Gasteiger partial charge in [0.1, 0.15) is 0 Å². The van der Waals surface area contributed by atoms with E-state index in [0.717, 1.165) is 11.5 Å². The van der Waals surface area contributed by atoms with Crippen LogP contribution < -0.4 is 16.4 Å². The molecule has 2 amide bonds. The number of nitrogens with one attached hydrogen (secondary N) is 2. The highest BCUT2D eigenvalue weighted by molar-refractivity contribution is 7.98. The first-order valence-electron chi connectivity index (χ1n) is 8.31. The molecule has 1 aromatic rings. The van der Waals surface area contributed by atoms with E-state index >= 15 is 0 Å². The SMILES string of the molecule is CNC(CSCc1ccccc1CSCC(NC(C)=O)C(C)=O)C(N)=O. The first kappa shape index (κ1) is 22.5. The van der Waals surface area contributed by atoms with E-state index < -0.39 is 6.04 Å². The smallest absolute Gasteiger partial charge is 0.235 e. The summed E-state index contributed by atoms with van der Waals surface area (Å²) in [6.45, 7) is 2.90. The Balaban J connectivity index is 2.56. The van der Waals surface area contributed by atoms with E-state index in [1.54, 1.807) is 30.6 Å². The summed E-state index contributed by atoms with van der Waals surface area (Å²) in [4.78, 5) is 34.0. The normalized spacial score (nSPS) is 13.0. The van der Waals surface area contributed by atoms with Crippen LogP contribution in [0, 0.1) is 0 Å². The summed E-state index contributed by atoms with van der Waals surface area (Å²) in [6.07, 6.45) is 0. The van der Waals surface area contributed by atoms with Gasteiger partial charge in [0.2, 0.25) is 11.8 Å². The number of rotatable bonds is 12. The average Bonchev–Trinajstić information content (AvgIpc) is 2.58. The number of Topliss-reactive ketones (excluding diaryl/α,β-unsaturated/α-hetero) is 1. The van der Waals surface area contributed by atoms with Crippen molar-refractivity contribution in [1.82, 2.24) is 10.6 Å². The van der Waals surface area contributed by atoms with Crippen LogP contribution in [0.3, 0.4) is 0 Å². The van der Waals surface area contributed by atoms with Crippen molar-refractivity contribution >= 4 is 41.1 Å². The predicted octanol–water partition coefficient (Wildman–Crippen LogP) is 1.32. The lowest BCUT2D eigenvalue weighted by Gasteiger charge is -2.16. The number of thioether (sulfide) groups is 2. The molecule has 0 saturated heterocycles. The molecule has 2 atom stereocenters. The van der Waals surface area contributed by atoms with E-state index in [-0.39, 0.29) is 23.6 Å². The van der Waals surface area contributed by atoms with Gasteiger partial charge >= 0.3 is 0 Å². The molecule has 144 valence electrons. The van der Waals surface area contributed by atoms with E-state index in [2.05, 4.69) is 22.8 Å². The lowest BCUT2D eigenvalue weighted by Crippen LogP contribution is -2.41. The number of hydrogen-bond donors (Lipinski definition) is 3. The zero-order valence-electron chi connectivity index (χ0n) is 15.4. The lowest BCUT2D eigenvalue weighted by molar-refractivity contribution is -0.125. The van der Waals surface area contributed by atoms with Gasteiger partial charge in [-0.15, -0.1) is 0 Å². The summed E-state index contributed by atoms with van der Waals surface area (Å²) in [5.74, 6) is 2.10. The summed E-state index contributed by atoms with van der Waals surface area (Å²) in [6, 6.07) is 7.32. The van der Waals surface area contributed by atoms with Crippen LogP contribution in [0.1, 0.15) is 25.0 Å². The van der Waals surface area contributed by atoms with Gasteiger partial charge in [-0.2, -0.15) is 23.5 Å². The van der Waals surface area contributed by atoms with Gasteiger partial charge in [0.25, 0.3) is 0 Å². The van der Waals surface area contributed by atoms with Gasteiger partial charge in [0.05, 0.1) is 12.1 Å². The Morgan fingerprint density at radius 2 is 1.50 bits per heavy atom. The van der Waals surface area contributed by atoms with Crippen LogP contribution in [0.15, 0.2) is 24.3 Å². The molecule has 1 rings (SSSR count). The highest BCUT2D eigenvalue weighted by Crippen LogP contribution is 2.22. The predicted molar refractivity (Wildman–Crippen MR) is 109 cm³/mol. The number of nitrogens with two attached hydrogens (primary N) is 1. The highest BCUT2D eigenvalue weighted by Gasteiger charge is 2.16. The molecule has 0 aliphatic carbocycles. The van der Waals surface area contributed by atoms with E-state index in [4.69, 9.17) is 5.73 Å². The number of benzene rings is 1. The van der Waals surface area contributed by atoms with Crippen LogP contribution in [0.2, 0.25) is 0 Å². The van der Waals surface area contributed by atoms with Crippen molar-refractivity contribution in [3.8, 4) is 0 Å². The third kappa shape index (κ3) is 8.25. The second kappa shape index (κ2) is 12.0. The summed E-state index contributed by atoms with van der Waals surface area (Å²) >= 11 is 3.27. The van der Waals surface area contributed by atoms with Crippen molar-refractivity contribution in [2.24, 2.45) is 5.73 Å². The molecule has 0 aliphatic rings. The molecule has 6 nitrogen and oxygen atoms in total. The fraction of sp³-hybridized carbons (Fsp3) is 0.500. The molecule has 1 aromatic carbocycles. The highest BCUT2D eigenvalue weighted by atomic mass is 32.2. The van der Waals surface area contributed by atoms with Crippen LogP contribution in [0.5, 0.6) is 0 Å². The molecule has 0 spiro atoms. The first-order chi connectivity index (χ1) is 12.3. The Bertz CT molecular complexity index is 625. The quantitative estimate of drug-likeness (QED) is 0.492. The summed E-state index contributed by atoms with van der Waals surface area (Å²) in [5.41, 5.74) is 7.72. The molecule has 0 aliphatic heterocycles. The van der Waals surface area contributed by atoms with Gasteiger partial charge in [0.15, 0.2) is 5.78 Å². The zero-order chi connectivity index (χ0) is 19.5. The second-order valence-corrected chi connectivity index (χ2v) is 7.97. The minimum atomic E-state index is -0.453. The summed E-state index contributed by atoms with van der Waals surface area (Å²) < 4.78 is 0. The van der Waals surface area contributed by atoms with E-state index in [1.807, 2.05) is 12.1 Å². The van der Waals surface area contributed by atoms with Crippen molar-refractivity contribution in [3.05, 3.63) is 35.4 Å². The Labute approximate surface area is 163 Å². The van der Waals surface area contributed by atoms with E-state index in [0.29, 0.717) is 11.5 Å². The Morgan fingerprint density at radius 3 is 1.88 bits per heavy atom. The van der Waals surface area contributed by atoms with E-state index in [1.165, 1.54) is 25.0 Å². The van der Waals surface area contributed by atoms with Crippen LogP contribution in [-0.4, -0.2) is 48.2 Å². The lowest BCUT2D eigenvalue weighted by atomic mass is 10.1. The van der Waals surface area contributed by atoms with Gasteiger partial charge in [-0.25, -0.2) is 0 Å². The fourth-order valence-corrected chi connectivity index (χ4v) is 4.59. The third-order valence-corrected chi connectivity index (χ3v) is 5.93. The van der Waals surface area contributed by atoms with Crippen molar-refractivity contribution < 1.29 is 14.4 Å². The topological polar surface area (TPSA) is 101 Å². The molecule has 4 N–H and O–H groups in total. The zero-order valence-corrected chi connectivity index (χ0v) is 17.0. The second-order valence-electron chi connectivity index (χ2n) is 5.91. The van der Waals surface area contributed by atoms with Gasteiger partial charge in [0, 0.05) is 29.9 Å². The van der Waals surface area contributed by atoms with Gasteiger partial charge in [-0.3, -0.25) is 14.4 Å². The van der Waals surface area contributed by atoms with Crippen LogP contribution in [-0.2, 0) is 25.9 Å². The Kier molecular flexibility index (Phi) is 10.4. The monoisotopic (exact) mass is 397 g/mol. The van der Waals surface area contributed by atoms with Gasteiger partial charge in [-0.05, 0) is 25.1 Å². The molecule has 0 heterocycles. The van der Waals surface area contributed by atoms with Crippen molar-refractivity contribution in [3.63, 3.8) is 0 Å². The maximum absolute atomic E-state index is 11.6. The fourth-order valence-electron chi connectivity index (χ4n) is 2.23. The third-order valence-electron chi connectivity index (χ3n) is 3.76. The molecule has 8 heteroatoms. The largest absolute Gasteiger partial charge is 0.368 e. The number of primary amides is 1. The number of likely N-dealkylation sites (N-methyl/N-ethyl adjacent to an activating group) is 1. The minimum absolute atomic E-state index is 0.0406. The van der Waals surface area contributed by atoms with Crippen molar-refractivity contribution in [1.29, 1.82) is 0 Å². The molecule has 2 unspecified atom stereocenters. The summed E-state index contributed by atoms with van der Waals surface area (Å²) in [7, 11) is 1.72. The maximum atomic E-state index is 11.6. The number of ketones is 1. The average molecular weight is 398 g/mol. The minimum Gasteiger partial charge on any atom is -0.368 e. The molecule has 0 fully saturated rings. The van der Waals surface area contributed by atoms with Crippen LogP contribution in [0.25, 0.3) is 0 Å². The van der Waals surface area contributed by atoms with Crippen LogP contribution in [0.4, 0.5) is 0 Å². The summed E-state index contributed by atoms with van der Waals surface area (Å²) in [5, 5.41) is 5.59. The van der Waals surface area contributed by atoms with Gasteiger partial charge < -0.3 is 16.4 Å². The molecule has 0 saturated carbocycles. The van der Waals surface area contributed by atoms with Crippen molar-refractivity contribution in [2.75, 3.05) is 18.6 Å². The first-order valence-corrected chi connectivity index (χ1v) is 10.6. The standard InChI is InChI=1S/C18H27N3O3S2/c1-12(22)16(21-13(2)23)10-25-8-14-6-4-5-7-15(14)9-26-11-17(20-3)18(19)24/h4-7,16-17,20H,8-11H2,1-3H3,(H2,19,24)(H,21,23). The molecular weight excluding hydrogens is 370 g/mol. The molecule has 0 aromatic heterocycles. The maximum Gasteiger partial charge on any atom is 0.235 e. The number of carbonyl (C=O) groups is 3. The number of amides is 2. The molecule has 26 heavy (non-hydrogen) atoms. The Morgan fingerprint density at radius 1 is 1.00 bits per heavy atom. The molecule has 0 bridgehead atoms. The van der Waals surface area contributed by atoms with Gasteiger partial charge in [-0.1, -0.05) is 24.3 Å². The number of carbonyl (C=O) groups excluding carboxylic acids is 3. The number of hydrogen-bond acceptors (Lipinski definition) is 6. The molecule has 0 radical (unpaired) electrons.